The molecular formula is C16H21N3O2. The summed E-state index contributed by atoms with van der Waals surface area (Å²) in [4.78, 5) is 8.22. The minimum Gasteiger partial charge on any atom is -0.481 e. The van der Waals surface area contributed by atoms with Gasteiger partial charge in [0.15, 0.2) is 0 Å². The largest absolute Gasteiger partial charge is 0.481 e. The molecule has 112 valence electrons. The summed E-state index contributed by atoms with van der Waals surface area (Å²) >= 11 is 0. The normalized spacial score (nSPS) is 10.4. The number of nitrogens with one attached hydrogen (secondary N) is 1. The lowest BCUT2D eigenvalue weighted by Crippen LogP contribution is -2.16. The number of nitrogens with zero attached hydrogens (tertiary/aromatic N) is 2. The molecule has 0 radical (unpaired) electrons. The van der Waals surface area contributed by atoms with Crippen LogP contribution >= 0.6 is 0 Å². The van der Waals surface area contributed by atoms with E-state index in [9.17, 15) is 0 Å². The zero-order valence-electron chi connectivity index (χ0n) is 12.7. The summed E-state index contributed by atoms with van der Waals surface area (Å²) in [5.41, 5.74) is 3.49. The first kappa shape index (κ1) is 15.3. The molecule has 0 amide bonds. The summed E-state index contributed by atoms with van der Waals surface area (Å²) in [6.07, 6.45) is 2.46. The second-order valence-electron chi connectivity index (χ2n) is 4.60. The van der Waals surface area contributed by atoms with Crippen molar-refractivity contribution in [3.05, 3.63) is 47.3 Å². The lowest BCUT2D eigenvalue weighted by molar-refractivity contribution is 0.359. The Hall–Kier alpha value is -2.14. The maximum absolute atomic E-state index is 5.26. The summed E-state index contributed by atoms with van der Waals surface area (Å²) in [5, 5.41) is 3.40. The van der Waals surface area contributed by atoms with Gasteiger partial charge in [-0.1, -0.05) is 31.2 Å². The molecule has 21 heavy (non-hydrogen) atoms. The monoisotopic (exact) mass is 287 g/mol. The third-order valence-electron chi connectivity index (χ3n) is 3.37. The van der Waals surface area contributed by atoms with E-state index in [0.717, 1.165) is 18.5 Å². The number of hydrogen-bond donors (Lipinski definition) is 1. The van der Waals surface area contributed by atoms with Crippen molar-refractivity contribution in [1.29, 1.82) is 0 Å². The highest BCUT2D eigenvalue weighted by atomic mass is 16.5. The van der Waals surface area contributed by atoms with Crippen molar-refractivity contribution in [2.75, 3.05) is 14.2 Å². The van der Waals surface area contributed by atoms with Gasteiger partial charge in [0.1, 0.15) is 6.33 Å². The Bertz CT molecular complexity index is 565. The molecule has 0 spiro atoms. The Morgan fingerprint density at radius 3 is 2.14 bits per heavy atom. The van der Waals surface area contributed by atoms with Crippen LogP contribution in [0.4, 0.5) is 0 Å². The van der Waals surface area contributed by atoms with E-state index in [1.165, 1.54) is 17.5 Å². The van der Waals surface area contributed by atoms with E-state index in [0.29, 0.717) is 18.3 Å². The lowest BCUT2D eigenvalue weighted by Gasteiger charge is -2.13. The minimum atomic E-state index is 0.540. The average molecular weight is 287 g/mol. The third kappa shape index (κ3) is 3.70. The van der Waals surface area contributed by atoms with Crippen LogP contribution in [0.2, 0.25) is 0 Å². The summed E-state index contributed by atoms with van der Waals surface area (Å²) in [6, 6.07) is 8.42. The Morgan fingerprint density at radius 2 is 1.57 bits per heavy atom. The van der Waals surface area contributed by atoms with Crippen molar-refractivity contribution in [3.8, 4) is 11.8 Å². The Morgan fingerprint density at radius 1 is 0.952 bits per heavy atom. The summed E-state index contributed by atoms with van der Waals surface area (Å²) in [7, 11) is 3.19. The molecule has 0 atom stereocenters. The Balaban J connectivity index is 2.07. The molecule has 0 aliphatic rings. The van der Waals surface area contributed by atoms with Gasteiger partial charge >= 0.3 is 0 Å². The van der Waals surface area contributed by atoms with Gasteiger partial charge in [0.2, 0.25) is 11.8 Å². The Kier molecular flexibility index (Phi) is 5.51. The van der Waals surface area contributed by atoms with Crippen molar-refractivity contribution >= 4 is 0 Å². The Labute approximate surface area is 125 Å². The van der Waals surface area contributed by atoms with Crippen LogP contribution in [-0.2, 0) is 19.5 Å². The smallest absolute Gasteiger partial charge is 0.224 e. The number of benzene rings is 1. The SMILES string of the molecule is CCc1ccccc1CNCc1c(OC)ncnc1OC. The molecular weight excluding hydrogens is 266 g/mol. The minimum absolute atomic E-state index is 0.540. The highest BCUT2D eigenvalue weighted by molar-refractivity contribution is 5.34. The summed E-state index contributed by atoms with van der Waals surface area (Å²) < 4.78 is 10.5. The van der Waals surface area contributed by atoms with Crippen molar-refractivity contribution in [2.45, 2.75) is 26.4 Å². The molecule has 0 fully saturated rings. The molecule has 2 aromatic rings. The van der Waals surface area contributed by atoms with Crippen LogP contribution in [0.3, 0.4) is 0 Å². The number of aryl methyl sites for hydroxylation is 1. The molecule has 0 aliphatic carbocycles. The van der Waals surface area contributed by atoms with Crippen LogP contribution in [-0.4, -0.2) is 24.2 Å². The van der Waals surface area contributed by atoms with E-state index >= 15 is 0 Å². The first-order chi connectivity index (χ1) is 10.3. The van der Waals surface area contributed by atoms with Gasteiger partial charge in [0, 0.05) is 13.1 Å². The van der Waals surface area contributed by atoms with Crippen molar-refractivity contribution in [1.82, 2.24) is 15.3 Å². The standard InChI is InChI=1S/C16H21N3O2/c1-4-12-7-5-6-8-13(12)9-17-10-14-15(20-2)18-11-19-16(14)21-3/h5-8,11,17H,4,9-10H2,1-3H3. The number of rotatable bonds is 7. The predicted molar refractivity (Wildman–Crippen MR) is 81.5 cm³/mol. The van der Waals surface area contributed by atoms with E-state index in [-0.39, 0.29) is 0 Å². The quantitative estimate of drug-likeness (QED) is 0.847. The number of ether oxygens (including phenoxy) is 2. The maximum Gasteiger partial charge on any atom is 0.224 e. The summed E-state index contributed by atoms with van der Waals surface area (Å²) in [5.74, 6) is 1.08. The van der Waals surface area contributed by atoms with E-state index in [1.54, 1.807) is 14.2 Å². The molecule has 1 heterocycles. The van der Waals surface area contributed by atoms with Crippen LogP contribution < -0.4 is 14.8 Å². The molecule has 5 nitrogen and oxygen atoms in total. The molecule has 1 N–H and O–H groups in total. The maximum atomic E-state index is 5.26. The van der Waals surface area contributed by atoms with Gasteiger partial charge in [0.05, 0.1) is 19.8 Å². The highest BCUT2D eigenvalue weighted by Crippen LogP contribution is 2.23. The molecule has 1 aromatic heterocycles. The molecule has 0 aliphatic heterocycles. The van der Waals surface area contributed by atoms with Gasteiger partial charge in [-0.05, 0) is 17.5 Å². The number of methoxy groups -OCH3 is 2. The van der Waals surface area contributed by atoms with Crippen LogP contribution in [0.1, 0.15) is 23.6 Å². The van der Waals surface area contributed by atoms with Crippen molar-refractivity contribution in [3.63, 3.8) is 0 Å². The topological polar surface area (TPSA) is 56.3 Å². The van der Waals surface area contributed by atoms with E-state index in [2.05, 4.69) is 46.5 Å². The molecule has 0 bridgehead atoms. The average Bonchev–Trinajstić information content (AvgIpc) is 2.55. The van der Waals surface area contributed by atoms with Crippen LogP contribution in [0, 0.1) is 0 Å². The van der Waals surface area contributed by atoms with Gasteiger partial charge in [-0.2, -0.15) is 0 Å². The lowest BCUT2D eigenvalue weighted by atomic mass is 10.1. The second kappa shape index (κ2) is 7.59. The molecule has 2 rings (SSSR count). The van der Waals surface area contributed by atoms with E-state index in [1.807, 2.05) is 0 Å². The molecule has 5 heteroatoms. The molecule has 1 aromatic carbocycles. The highest BCUT2D eigenvalue weighted by Gasteiger charge is 2.12. The fraction of sp³-hybridized carbons (Fsp3) is 0.375. The molecule has 0 unspecified atom stereocenters. The van der Waals surface area contributed by atoms with Gasteiger partial charge in [0.25, 0.3) is 0 Å². The fourth-order valence-electron chi connectivity index (χ4n) is 2.28. The van der Waals surface area contributed by atoms with Gasteiger partial charge in [-0.25, -0.2) is 9.97 Å². The number of aromatic nitrogens is 2. The summed E-state index contributed by atoms with van der Waals surface area (Å²) in [6.45, 7) is 3.53. The first-order valence-corrected chi connectivity index (χ1v) is 6.99. The third-order valence-corrected chi connectivity index (χ3v) is 3.37. The van der Waals surface area contributed by atoms with Crippen molar-refractivity contribution < 1.29 is 9.47 Å². The van der Waals surface area contributed by atoms with Crippen LogP contribution in [0.5, 0.6) is 11.8 Å². The van der Waals surface area contributed by atoms with Gasteiger partial charge in [-0.3, -0.25) is 0 Å². The van der Waals surface area contributed by atoms with Crippen molar-refractivity contribution in [2.24, 2.45) is 0 Å². The van der Waals surface area contributed by atoms with E-state index in [4.69, 9.17) is 9.47 Å². The van der Waals surface area contributed by atoms with Crippen LogP contribution in [0.25, 0.3) is 0 Å². The number of hydrogen-bond acceptors (Lipinski definition) is 5. The fourth-order valence-corrected chi connectivity index (χ4v) is 2.28. The van der Waals surface area contributed by atoms with Gasteiger partial charge < -0.3 is 14.8 Å². The van der Waals surface area contributed by atoms with Gasteiger partial charge in [-0.15, -0.1) is 0 Å². The zero-order valence-corrected chi connectivity index (χ0v) is 12.7. The predicted octanol–water partition coefficient (Wildman–Crippen LogP) is 2.35. The zero-order chi connectivity index (χ0) is 15.1. The van der Waals surface area contributed by atoms with Crippen LogP contribution in [0.15, 0.2) is 30.6 Å². The first-order valence-electron chi connectivity index (χ1n) is 6.99. The second-order valence-corrected chi connectivity index (χ2v) is 4.60. The van der Waals surface area contributed by atoms with E-state index < -0.39 is 0 Å². The molecule has 0 saturated carbocycles. The molecule has 0 saturated heterocycles.